The second-order valence-electron chi connectivity index (χ2n) is 11.6. The molecule has 0 nitrogen and oxygen atoms in total. The molecule has 0 unspecified atom stereocenters. The molecule has 6 rings (SSSR count). The molecule has 6 aromatic rings. The average molecular weight is 481 g/mol. The first-order chi connectivity index (χ1) is 17.8. The third-order valence-electron chi connectivity index (χ3n) is 8.05. The van der Waals surface area contributed by atoms with Crippen molar-refractivity contribution < 1.29 is 0 Å². The fourth-order valence-electron chi connectivity index (χ4n) is 6.36. The Morgan fingerprint density at radius 1 is 0.378 bits per heavy atom. The van der Waals surface area contributed by atoms with Crippen molar-refractivity contribution in [1.29, 1.82) is 0 Å². The summed E-state index contributed by atoms with van der Waals surface area (Å²) < 4.78 is 0. The summed E-state index contributed by atoms with van der Waals surface area (Å²) in [5.74, 6) is 1.47. The minimum absolute atomic E-state index is 0.457. The molecule has 0 aliphatic rings. The van der Waals surface area contributed by atoms with E-state index >= 15 is 0 Å². The lowest BCUT2D eigenvalue weighted by atomic mass is 9.78. The van der Waals surface area contributed by atoms with Crippen molar-refractivity contribution in [2.75, 3.05) is 0 Å². The van der Waals surface area contributed by atoms with Crippen LogP contribution < -0.4 is 0 Å². The Hall–Kier alpha value is -3.64. The predicted octanol–water partition coefficient (Wildman–Crippen LogP) is 11.3. The molecular weight excluding hydrogens is 444 g/mol. The summed E-state index contributed by atoms with van der Waals surface area (Å²) in [5, 5.41) is 10.4. The molecule has 0 saturated heterocycles. The van der Waals surface area contributed by atoms with Crippen LogP contribution in [0.4, 0.5) is 0 Å². The van der Waals surface area contributed by atoms with Gasteiger partial charge in [-0.2, -0.15) is 0 Å². The highest BCUT2D eigenvalue weighted by Gasteiger charge is 2.21. The quantitative estimate of drug-likeness (QED) is 0.220. The van der Waals surface area contributed by atoms with Crippen molar-refractivity contribution in [3.63, 3.8) is 0 Å². The van der Waals surface area contributed by atoms with E-state index < -0.39 is 0 Å². The maximum atomic E-state index is 2.42. The van der Waals surface area contributed by atoms with Gasteiger partial charge in [-0.05, 0) is 125 Å². The van der Waals surface area contributed by atoms with Gasteiger partial charge in [0.15, 0.2) is 0 Å². The highest BCUT2D eigenvalue weighted by atomic mass is 14.3. The van der Waals surface area contributed by atoms with Crippen molar-refractivity contribution in [2.45, 2.75) is 59.3 Å². The van der Waals surface area contributed by atoms with Crippen LogP contribution in [0.25, 0.3) is 54.2 Å². The summed E-state index contributed by atoms with van der Waals surface area (Å²) in [5.41, 5.74) is 7.28. The summed E-state index contributed by atoms with van der Waals surface area (Å²) >= 11 is 0. The van der Waals surface area contributed by atoms with Crippen LogP contribution in [0.1, 0.15) is 76.0 Å². The van der Waals surface area contributed by atoms with Crippen molar-refractivity contribution in [3.05, 3.63) is 108 Å². The molecule has 0 atom stereocenters. The van der Waals surface area contributed by atoms with Gasteiger partial charge in [0.2, 0.25) is 0 Å². The van der Waals surface area contributed by atoms with E-state index in [1.165, 1.54) is 70.9 Å². The Bertz CT molecular complexity index is 1800. The first-order valence-electron chi connectivity index (χ1n) is 13.8. The second kappa shape index (κ2) is 9.03. The van der Waals surface area contributed by atoms with Crippen LogP contribution >= 0.6 is 0 Å². The predicted molar refractivity (Wildman–Crippen MR) is 164 cm³/mol. The lowest BCUT2D eigenvalue weighted by molar-refractivity contribution is 0.750. The largest absolute Gasteiger partial charge is 0.0616 e. The fourth-order valence-corrected chi connectivity index (χ4v) is 6.36. The molecule has 0 N–H and O–H groups in total. The van der Waals surface area contributed by atoms with E-state index in [0.717, 1.165) is 0 Å². The Morgan fingerprint density at radius 3 is 1.46 bits per heavy atom. The summed E-state index contributed by atoms with van der Waals surface area (Å²) in [6, 6.07) is 34.4. The van der Waals surface area contributed by atoms with Crippen molar-refractivity contribution in [2.24, 2.45) is 0 Å². The van der Waals surface area contributed by atoms with Crippen LogP contribution in [0.5, 0.6) is 0 Å². The maximum Gasteiger partial charge on any atom is -0.00989 e. The van der Waals surface area contributed by atoms with Gasteiger partial charge in [-0.1, -0.05) is 96.1 Å². The van der Waals surface area contributed by atoms with E-state index in [-0.39, 0.29) is 0 Å². The van der Waals surface area contributed by atoms with E-state index in [9.17, 15) is 0 Å². The SMILES string of the molecule is CC(C)c1ccc(-c2cccc3cc4cc5cc6ccccc6cc5cc4cc23)c(C(C)C)c1C(C)C. The first kappa shape index (κ1) is 23.7. The van der Waals surface area contributed by atoms with Gasteiger partial charge in [-0.3, -0.25) is 0 Å². The lowest BCUT2D eigenvalue weighted by Gasteiger charge is -2.26. The van der Waals surface area contributed by atoms with Gasteiger partial charge in [-0.15, -0.1) is 0 Å². The zero-order chi connectivity index (χ0) is 25.8. The van der Waals surface area contributed by atoms with Crippen molar-refractivity contribution in [3.8, 4) is 11.1 Å². The van der Waals surface area contributed by atoms with Gasteiger partial charge in [-0.25, -0.2) is 0 Å². The smallest absolute Gasteiger partial charge is 0.00989 e. The minimum Gasteiger partial charge on any atom is -0.0616 e. The van der Waals surface area contributed by atoms with E-state index in [1.807, 2.05) is 0 Å². The third kappa shape index (κ3) is 4.00. The number of hydrogen-bond acceptors (Lipinski definition) is 0. The van der Waals surface area contributed by atoms with Gasteiger partial charge in [0.25, 0.3) is 0 Å². The van der Waals surface area contributed by atoms with Gasteiger partial charge in [0, 0.05) is 0 Å². The molecule has 0 spiro atoms. The number of fused-ring (bicyclic) bond motifs is 4. The summed E-state index contributed by atoms with van der Waals surface area (Å²) in [6.07, 6.45) is 0. The minimum atomic E-state index is 0.457. The molecule has 0 heterocycles. The van der Waals surface area contributed by atoms with Gasteiger partial charge >= 0.3 is 0 Å². The molecule has 184 valence electrons. The van der Waals surface area contributed by atoms with Crippen LogP contribution in [0.2, 0.25) is 0 Å². The zero-order valence-electron chi connectivity index (χ0n) is 22.9. The summed E-state index contributed by atoms with van der Waals surface area (Å²) in [4.78, 5) is 0. The molecule has 0 radical (unpaired) electrons. The molecule has 0 fully saturated rings. The topological polar surface area (TPSA) is 0 Å². The Kier molecular flexibility index (Phi) is 5.80. The van der Waals surface area contributed by atoms with Crippen LogP contribution in [-0.4, -0.2) is 0 Å². The Balaban J connectivity index is 1.64. The molecule has 0 aromatic heterocycles. The third-order valence-corrected chi connectivity index (χ3v) is 8.05. The summed E-state index contributed by atoms with van der Waals surface area (Å²) in [6.45, 7) is 14.0. The molecule has 0 saturated carbocycles. The van der Waals surface area contributed by atoms with Gasteiger partial charge < -0.3 is 0 Å². The number of rotatable bonds is 4. The molecule has 37 heavy (non-hydrogen) atoms. The van der Waals surface area contributed by atoms with E-state index in [0.29, 0.717) is 17.8 Å². The Morgan fingerprint density at radius 2 is 0.892 bits per heavy atom. The zero-order valence-corrected chi connectivity index (χ0v) is 22.9. The monoisotopic (exact) mass is 480 g/mol. The molecule has 6 aromatic carbocycles. The molecule has 0 heteroatoms. The van der Waals surface area contributed by atoms with Crippen molar-refractivity contribution >= 4 is 43.1 Å². The van der Waals surface area contributed by atoms with Crippen LogP contribution in [0.3, 0.4) is 0 Å². The van der Waals surface area contributed by atoms with Crippen molar-refractivity contribution in [1.82, 2.24) is 0 Å². The second-order valence-corrected chi connectivity index (χ2v) is 11.6. The van der Waals surface area contributed by atoms with Gasteiger partial charge in [0.1, 0.15) is 0 Å². The average Bonchev–Trinajstić information content (AvgIpc) is 2.88. The van der Waals surface area contributed by atoms with Crippen LogP contribution in [0.15, 0.2) is 91.0 Å². The van der Waals surface area contributed by atoms with E-state index in [2.05, 4.69) is 133 Å². The fraction of sp³-hybridized carbons (Fsp3) is 0.243. The summed E-state index contributed by atoms with van der Waals surface area (Å²) in [7, 11) is 0. The number of hydrogen-bond donors (Lipinski definition) is 0. The van der Waals surface area contributed by atoms with Gasteiger partial charge in [0.05, 0.1) is 0 Å². The number of benzene rings is 6. The highest BCUT2D eigenvalue weighted by molar-refractivity contribution is 6.10. The first-order valence-corrected chi connectivity index (χ1v) is 13.8. The molecule has 0 aliphatic carbocycles. The normalized spacial score (nSPS) is 12.2. The van der Waals surface area contributed by atoms with E-state index in [1.54, 1.807) is 0 Å². The van der Waals surface area contributed by atoms with Crippen LogP contribution in [-0.2, 0) is 0 Å². The van der Waals surface area contributed by atoms with E-state index in [4.69, 9.17) is 0 Å². The highest BCUT2D eigenvalue weighted by Crippen LogP contribution is 2.42. The Labute approximate surface area is 220 Å². The molecule has 0 amide bonds. The van der Waals surface area contributed by atoms with Crippen LogP contribution in [0, 0.1) is 0 Å². The molecule has 0 bridgehead atoms. The molecule has 0 aliphatic heterocycles. The molecular formula is C37H36. The lowest BCUT2D eigenvalue weighted by Crippen LogP contribution is -2.07. The maximum absolute atomic E-state index is 2.42. The standard InChI is InChI=1S/C37H36/c1-22(2)32-14-15-34(37(24(5)6)36(32)23(3)4)33-13-9-12-27-18-30-19-28-16-25-10-7-8-11-26(25)17-29(28)20-31(30)21-35(27)33/h7-24H,1-6H3.